The van der Waals surface area contributed by atoms with Crippen LogP contribution < -0.4 is 10.2 Å². The van der Waals surface area contributed by atoms with Gasteiger partial charge in [0.15, 0.2) is 0 Å². The van der Waals surface area contributed by atoms with Gasteiger partial charge in [0, 0.05) is 17.1 Å². The Kier molecular flexibility index (Phi) is 4.08. The van der Waals surface area contributed by atoms with Gasteiger partial charge in [-0.15, -0.1) is 0 Å². The Morgan fingerprint density at radius 3 is 2.52 bits per heavy atom. The molecule has 114 valence electrons. The Bertz CT molecular complexity index is 560. The van der Waals surface area contributed by atoms with E-state index in [0.29, 0.717) is 0 Å². The highest BCUT2D eigenvalue weighted by molar-refractivity contribution is 6.01. The molecule has 0 spiro atoms. The Morgan fingerprint density at radius 2 is 1.90 bits per heavy atom. The Labute approximate surface area is 126 Å². The standard InChI is InChI=1S/C17H24N2O2/c1-11-10-13-8-6-7-9-14(13)19(11)15(20)12(2)18-16(21)17(3,4)5/h6-9,11-12H,10H2,1-5H3,(H,18,21). The van der Waals surface area contributed by atoms with Crippen molar-refractivity contribution in [2.24, 2.45) is 5.41 Å². The summed E-state index contributed by atoms with van der Waals surface area (Å²) in [6, 6.07) is 7.56. The van der Waals surface area contributed by atoms with Gasteiger partial charge in [-0.25, -0.2) is 0 Å². The molecule has 2 rings (SSSR count). The first-order valence-corrected chi connectivity index (χ1v) is 7.43. The van der Waals surface area contributed by atoms with E-state index in [1.54, 1.807) is 6.92 Å². The van der Waals surface area contributed by atoms with Crippen molar-refractivity contribution in [1.29, 1.82) is 0 Å². The lowest BCUT2D eigenvalue weighted by Crippen LogP contribution is -2.51. The third-order valence-corrected chi connectivity index (χ3v) is 3.84. The molecule has 1 N–H and O–H groups in total. The van der Waals surface area contributed by atoms with Crippen LogP contribution >= 0.6 is 0 Å². The Morgan fingerprint density at radius 1 is 1.29 bits per heavy atom. The van der Waals surface area contributed by atoms with Crippen LogP contribution in [0, 0.1) is 5.41 Å². The summed E-state index contributed by atoms with van der Waals surface area (Å²) in [5, 5.41) is 2.82. The topological polar surface area (TPSA) is 49.4 Å². The summed E-state index contributed by atoms with van der Waals surface area (Å²) in [6.45, 7) is 9.31. The second kappa shape index (κ2) is 5.51. The van der Waals surface area contributed by atoms with Crippen LogP contribution in [-0.4, -0.2) is 23.9 Å². The number of nitrogens with one attached hydrogen (secondary N) is 1. The first-order chi connectivity index (χ1) is 9.71. The highest BCUT2D eigenvalue weighted by Gasteiger charge is 2.34. The maximum atomic E-state index is 12.7. The van der Waals surface area contributed by atoms with Crippen molar-refractivity contribution >= 4 is 17.5 Å². The largest absolute Gasteiger partial charge is 0.344 e. The molecule has 0 bridgehead atoms. The van der Waals surface area contributed by atoms with Crippen molar-refractivity contribution in [1.82, 2.24) is 5.32 Å². The fourth-order valence-electron chi connectivity index (χ4n) is 2.58. The zero-order valence-electron chi connectivity index (χ0n) is 13.4. The maximum Gasteiger partial charge on any atom is 0.249 e. The van der Waals surface area contributed by atoms with Crippen LogP contribution in [-0.2, 0) is 16.0 Å². The number of nitrogens with zero attached hydrogens (tertiary/aromatic N) is 1. The zero-order chi connectivity index (χ0) is 15.8. The van der Waals surface area contributed by atoms with Crippen LogP contribution in [0.3, 0.4) is 0 Å². The second-order valence-corrected chi connectivity index (χ2v) is 6.84. The second-order valence-electron chi connectivity index (χ2n) is 6.84. The monoisotopic (exact) mass is 288 g/mol. The van der Waals surface area contributed by atoms with E-state index in [-0.39, 0.29) is 17.9 Å². The van der Waals surface area contributed by atoms with E-state index in [1.807, 2.05) is 50.8 Å². The maximum absolute atomic E-state index is 12.7. The average molecular weight is 288 g/mol. The molecule has 0 aromatic heterocycles. The molecule has 1 heterocycles. The summed E-state index contributed by atoms with van der Waals surface area (Å²) in [7, 11) is 0. The molecule has 4 nitrogen and oxygen atoms in total. The van der Waals surface area contributed by atoms with Crippen molar-refractivity contribution in [3.05, 3.63) is 29.8 Å². The number of fused-ring (bicyclic) bond motifs is 1. The number of anilines is 1. The van der Waals surface area contributed by atoms with Crippen molar-refractivity contribution in [2.75, 3.05) is 4.90 Å². The number of hydrogen-bond donors (Lipinski definition) is 1. The molecule has 0 aliphatic carbocycles. The molecule has 1 aromatic carbocycles. The predicted molar refractivity (Wildman–Crippen MR) is 84.2 cm³/mol. The summed E-state index contributed by atoms with van der Waals surface area (Å²) in [5.74, 6) is -0.159. The lowest BCUT2D eigenvalue weighted by atomic mass is 9.95. The lowest BCUT2D eigenvalue weighted by molar-refractivity contribution is -0.132. The number of amides is 2. The highest BCUT2D eigenvalue weighted by Crippen LogP contribution is 2.32. The van der Waals surface area contributed by atoms with Crippen molar-refractivity contribution in [3.63, 3.8) is 0 Å². The van der Waals surface area contributed by atoms with E-state index in [2.05, 4.69) is 11.4 Å². The van der Waals surface area contributed by atoms with E-state index < -0.39 is 11.5 Å². The molecule has 1 aromatic rings. The number of hydrogen-bond acceptors (Lipinski definition) is 2. The molecule has 2 unspecified atom stereocenters. The van der Waals surface area contributed by atoms with E-state index in [9.17, 15) is 9.59 Å². The molecular formula is C17H24N2O2. The van der Waals surface area contributed by atoms with Gasteiger partial charge in [0.1, 0.15) is 6.04 Å². The normalized spacial score (nSPS) is 19.1. The molecule has 4 heteroatoms. The van der Waals surface area contributed by atoms with Gasteiger partial charge in [-0.3, -0.25) is 9.59 Å². The predicted octanol–water partition coefficient (Wildman–Crippen LogP) is 2.52. The molecule has 21 heavy (non-hydrogen) atoms. The summed E-state index contributed by atoms with van der Waals surface area (Å²) in [4.78, 5) is 26.5. The average Bonchev–Trinajstić information content (AvgIpc) is 2.72. The SMILES string of the molecule is CC(NC(=O)C(C)(C)C)C(=O)N1c2ccccc2CC1C. The minimum absolute atomic E-state index is 0.0509. The minimum atomic E-state index is -0.523. The quantitative estimate of drug-likeness (QED) is 0.909. The number of para-hydroxylation sites is 1. The van der Waals surface area contributed by atoms with Crippen molar-refractivity contribution in [3.8, 4) is 0 Å². The smallest absolute Gasteiger partial charge is 0.249 e. The first kappa shape index (κ1) is 15.5. The summed E-state index contributed by atoms with van der Waals surface area (Å²) >= 11 is 0. The number of carbonyl (C=O) groups excluding carboxylic acids is 2. The molecule has 0 saturated carbocycles. The molecule has 1 aliphatic heterocycles. The Balaban J connectivity index is 2.15. The third-order valence-electron chi connectivity index (χ3n) is 3.84. The fraction of sp³-hybridized carbons (Fsp3) is 0.529. The van der Waals surface area contributed by atoms with Crippen LogP contribution in [0.4, 0.5) is 5.69 Å². The van der Waals surface area contributed by atoms with Crippen LogP contribution in [0.1, 0.15) is 40.2 Å². The molecular weight excluding hydrogens is 264 g/mol. The molecule has 2 atom stereocenters. The van der Waals surface area contributed by atoms with Crippen molar-refractivity contribution < 1.29 is 9.59 Å². The van der Waals surface area contributed by atoms with E-state index in [1.165, 1.54) is 5.56 Å². The van der Waals surface area contributed by atoms with Crippen LogP contribution in [0.25, 0.3) is 0 Å². The highest BCUT2D eigenvalue weighted by atomic mass is 16.2. The molecule has 0 radical (unpaired) electrons. The number of benzene rings is 1. The van der Waals surface area contributed by atoms with Gasteiger partial charge in [0.25, 0.3) is 0 Å². The van der Waals surface area contributed by atoms with Crippen LogP contribution in [0.5, 0.6) is 0 Å². The van der Waals surface area contributed by atoms with Gasteiger partial charge in [-0.1, -0.05) is 39.0 Å². The molecule has 1 aliphatic rings. The van der Waals surface area contributed by atoms with Crippen molar-refractivity contribution in [2.45, 2.75) is 53.1 Å². The van der Waals surface area contributed by atoms with Gasteiger partial charge >= 0.3 is 0 Å². The third kappa shape index (κ3) is 3.09. The van der Waals surface area contributed by atoms with Crippen LogP contribution in [0.2, 0.25) is 0 Å². The molecule has 0 saturated heterocycles. The van der Waals surface area contributed by atoms with E-state index in [0.717, 1.165) is 12.1 Å². The number of rotatable bonds is 2. The van der Waals surface area contributed by atoms with Gasteiger partial charge in [0.05, 0.1) is 0 Å². The van der Waals surface area contributed by atoms with E-state index >= 15 is 0 Å². The lowest BCUT2D eigenvalue weighted by Gasteiger charge is -2.28. The Hall–Kier alpha value is -1.84. The number of carbonyl (C=O) groups is 2. The summed E-state index contributed by atoms with van der Waals surface area (Å²) in [5.41, 5.74) is 1.66. The van der Waals surface area contributed by atoms with Gasteiger partial charge in [0.2, 0.25) is 11.8 Å². The van der Waals surface area contributed by atoms with Gasteiger partial charge in [-0.05, 0) is 31.9 Å². The zero-order valence-corrected chi connectivity index (χ0v) is 13.4. The van der Waals surface area contributed by atoms with Gasteiger partial charge in [-0.2, -0.15) is 0 Å². The first-order valence-electron chi connectivity index (χ1n) is 7.43. The van der Waals surface area contributed by atoms with Crippen LogP contribution in [0.15, 0.2) is 24.3 Å². The summed E-state index contributed by atoms with van der Waals surface area (Å²) in [6.07, 6.45) is 0.863. The molecule has 0 fully saturated rings. The minimum Gasteiger partial charge on any atom is -0.344 e. The molecule has 2 amide bonds. The summed E-state index contributed by atoms with van der Waals surface area (Å²) < 4.78 is 0. The van der Waals surface area contributed by atoms with E-state index in [4.69, 9.17) is 0 Å². The fourth-order valence-corrected chi connectivity index (χ4v) is 2.58. The van der Waals surface area contributed by atoms with Gasteiger partial charge < -0.3 is 10.2 Å².